The van der Waals surface area contributed by atoms with Gasteiger partial charge in [-0.15, -0.1) is 0 Å². The second-order valence-corrected chi connectivity index (χ2v) is 7.34. The standard InChI is InChI=1S/C18H28N2O/c1-14-5-4-9-20(12-14)10-8-15-6-7-17-16(11-15)19-13-18(2,3)21-17/h6-7,11,14,19H,4-5,8-10,12-13H2,1-3H3. The summed E-state index contributed by atoms with van der Waals surface area (Å²) in [5, 5.41) is 3.50. The summed E-state index contributed by atoms with van der Waals surface area (Å²) in [6.07, 6.45) is 3.88. The van der Waals surface area contributed by atoms with Crippen molar-refractivity contribution in [2.24, 2.45) is 5.92 Å². The molecule has 0 aromatic heterocycles. The summed E-state index contributed by atoms with van der Waals surface area (Å²) >= 11 is 0. The predicted octanol–water partition coefficient (Wildman–Crippen LogP) is 3.54. The number of hydrogen-bond donors (Lipinski definition) is 1. The third-order valence-electron chi connectivity index (χ3n) is 4.59. The number of likely N-dealkylation sites (tertiary alicyclic amines) is 1. The number of nitrogens with zero attached hydrogens (tertiary/aromatic N) is 1. The van der Waals surface area contributed by atoms with Gasteiger partial charge >= 0.3 is 0 Å². The maximum absolute atomic E-state index is 6.01. The fourth-order valence-corrected chi connectivity index (χ4v) is 3.38. The van der Waals surface area contributed by atoms with Crippen LogP contribution in [-0.4, -0.2) is 36.7 Å². The van der Waals surface area contributed by atoms with Gasteiger partial charge in [0, 0.05) is 13.1 Å². The molecule has 1 aromatic carbocycles. The van der Waals surface area contributed by atoms with Gasteiger partial charge in [-0.05, 0) is 63.3 Å². The molecule has 1 aromatic rings. The lowest BCUT2D eigenvalue weighted by Gasteiger charge is -2.34. The van der Waals surface area contributed by atoms with Crippen LogP contribution < -0.4 is 10.1 Å². The Morgan fingerprint density at radius 1 is 1.38 bits per heavy atom. The zero-order chi connectivity index (χ0) is 14.9. The van der Waals surface area contributed by atoms with Crippen LogP contribution in [0.4, 0.5) is 5.69 Å². The summed E-state index contributed by atoms with van der Waals surface area (Å²) in [5.41, 5.74) is 2.44. The molecule has 2 aliphatic heterocycles. The summed E-state index contributed by atoms with van der Waals surface area (Å²) in [5.74, 6) is 1.85. The minimum absolute atomic E-state index is 0.113. The number of fused-ring (bicyclic) bond motifs is 1. The van der Waals surface area contributed by atoms with Gasteiger partial charge in [0.15, 0.2) is 0 Å². The van der Waals surface area contributed by atoms with Crippen molar-refractivity contribution in [1.82, 2.24) is 4.90 Å². The predicted molar refractivity (Wildman–Crippen MR) is 88.2 cm³/mol. The minimum Gasteiger partial charge on any atom is -0.484 e. The Morgan fingerprint density at radius 3 is 3.05 bits per heavy atom. The average Bonchev–Trinajstić information content (AvgIpc) is 2.44. The molecule has 1 saturated heterocycles. The average molecular weight is 288 g/mol. The van der Waals surface area contributed by atoms with E-state index in [1.54, 1.807) is 0 Å². The van der Waals surface area contributed by atoms with E-state index in [9.17, 15) is 0 Å². The van der Waals surface area contributed by atoms with Crippen molar-refractivity contribution >= 4 is 5.69 Å². The van der Waals surface area contributed by atoms with Crippen molar-refractivity contribution in [3.8, 4) is 5.75 Å². The topological polar surface area (TPSA) is 24.5 Å². The molecule has 2 heterocycles. The van der Waals surface area contributed by atoms with Crippen LogP contribution in [0, 0.1) is 5.92 Å². The zero-order valence-corrected chi connectivity index (χ0v) is 13.6. The van der Waals surface area contributed by atoms with Gasteiger partial charge in [0.2, 0.25) is 0 Å². The second kappa shape index (κ2) is 5.88. The third kappa shape index (κ3) is 3.70. The molecule has 3 heteroatoms. The van der Waals surface area contributed by atoms with Crippen molar-refractivity contribution < 1.29 is 4.74 Å². The molecular formula is C18H28N2O. The zero-order valence-electron chi connectivity index (χ0n) is 13.6. The maximum atomic E-state index is 6.01. The van der Waals surface area contributed by atoms with E-state index in [2.05, 4.69) is 49.2 Å². The Morgan fingerprint density at radius 2 is 2.24 bits per heavy atom. The van der Waals surface area contributed by atoms with E-state index in [0.717, 1.165) is 30.3 Å². The van der Waals surface area contributed by atoms with Crippen LogP contribution >= 0.6 is 0 Å². The molecule has 0 saturated carbocycles. The number of rotatable bonds is 3. The van der Waals surface area contributed by atoms with Gasteiger partial charge in [-0.3, -0.25) is 0 Å². The normalized spacial score (nSPS) is 24.8. The summed E-state index contributed by atoms with van der Waals surface area (Å²) in [6.45, 7) is 11.2. The van der Waals surface area contributed by atoms with Crippen LogP contribution in [0.25, 0.3) is 0 Å². The molecule has 1 fully saturated rings. The smallest absolute Gasteiger partial charge is 0.143 e. The van der Waals surface area contributed by atoms with E-state index in [4.69, 9.17) is 4.74 Å². The van der Waals surface area contributed by atoms with Crippen LogP contribution in [0.15, 0.2) is 18.2 Å². The van der Waals surface area contributed by atoms with E-state index in [-0.39, 0.29) is 5.60 Å². The van der Waals surface area contributed by atoms with Gasteiger partial charge < -0.3 is 15.0 Å². The van der Waals surface area contributed by atoms with E-state index in [1.807, 2.05) is 0 Å². The van der Waals surface area contributed by atoms with Gasteiger partial charge in [0.25, 0.3) is 0 Å². The number of benzene rings is 1. The van der Waals surface area contributed by atoms with Crippen molar-refractivity contribution in [2.75, 3.05) is 31.5 Å². The highest BCUT2D eigenvalue weighted by Crippen LogP contribution is 2.33. The Balaban J connectivity index is 1.60. The largest absolute Gasteiger partial charge is 0.484 e. The second-order valence-electron chi connectivity index (χ2n) is 7.34. The molecule has 0 amide bonds. The lowest BCUT2D eigenvalue weighted by atomic mass is 9.99. The van der Waals surface area contributed by atoms with Gasteiger partial charge in [-0.1, -0.05) is 13.0 Å². The maximum Gasteiger partial charge on any atom is 0.143 e. The molecular weight excluding hydrogens is 260 g/mol. The summed E-state index contributed by atoms with van der Waals surface area (Å²) in [4.78, 5) is 2.61. The molecule has 0 spiro atoms. The Hall–Kier alpha value is -1.22. The molecule has 3 nitrogen and oxygen atoms in total. The molecule has 2 aliphatic rings. The Bertz CT molecular complexity index is 498. The van der Waals surface area contributed by atoms with Crippen LogP contribution in [0.5, 0.6) is 5.75 Å². The van der Waals surface area contributed by atoms with Gasteiger partial charge in [-0.25, -0.2) is 0 Å². The lowest BCUT2D eigenvalue weighted by molar-refractivity contribution is 0.116. The molecule has 1 unspecified atom stereocenters. The van der Waals surface area contributed by atoms with Gasteiger partial charge in [0.05, 0.1) is 12.2 Å². The molecule has 1 N–H and O–H groups in total. The molecule has 116 valence electrons. The molecule has 1 atom stereocenters. The number of piperidine rings is 1. The highest BCUT2D eigenvalue weighted by molar-refractivity contribution is 5.60. The van der Waals surface area contributed by atoms with Gasteiger partial charge in [0.1, 0.15) is 11.4 Å². The summed E-state index contributed by atoms with van der Waals surface area (Å²) < 4.78 is 6.01. The summed E-state index contributed by atoms with van der Waals surface area (Å²) in [6, 6.07) is 6.60. The first-order valence-electron chi connectivity index (χ1n) is 8.30. The highest BCUT2D eigenvalue weighted by atomic mass is 16.5. The first-order valence-corrected chi connectivity index (χ1v) is 8.30. The Kier molecular flexibility index (Phi) is 4.12. The molecule has 0 aliphatic carbocycles. The fraction of sp³-hybridized carbons (Fsp3) is 0.667. The van der Waals surface area contributed by atoms with E-state index >= 15 is 0 Å². The van der Waals surface area contributed by atoms with Gasteiger partial charge in [-0.2, -0.15) is 0 Å². The molecule has 21 heavy (non-hydrogen) atoms. The van der Waals surface area contributed by atoms with Crippen molar-refractivity contribution in [3.05, 3.63) is 23.8 Å². The molecule has 0 bridgehead atoms. The van der Waals surface area contributed by atoms with Crippen LogP contribution in [0.3, 0.4) is 0 Å². The molecule has 3 rings (SSSR count). The monoisotopic (exact) mass is 288 g/mol. The SMILES string of the molecule is CC1CCCN(CCc2ccc3c(c2)NCC(C)(C)O3)C1. The highest BCUT2D eigenvalue weighted by Gasteiger charge is 2.26. The van der Waals surface area contributed by atoms with Crippen LogP contribution in [-0.2, 0) is 6.42 Å². The fourth-order valence-electron chi connectivity index (χ4n) is 3.38. The van der Waals surface area contributed by atoms with Crippen LogP contribution in [0.2, 0.25) is 0 Å². The number of ether oxygens (including phenoxy) is 1. The Labute approximate surface area is 128 Å². The summed E-state index contributed by atoms with van der Waals surface area (Å²) in [7, 11) is 0. The quantitative estimate of drug-likeness (QED) is 0.920. The minimum atomic E-state index is -0.113. The van der Waals surface area contributed by atoms with E-state index in [1.165, 1.54) is 38.0 Å². The number of hydrogen-bond acceptors (Lipinski definition) is 3. The van der Waals surface area contributed by atoms with Crippen LogP contribution in [0.1, 0.15) is 39.2 Å². The molecule has 0 radical (unpaired) electrons. The first-order chi connectivity index (χ1) is 10.0. The van der Waals surface area contributed by atoms with Crippen molar-refractivity contribution in [2.45, 2.75) is 45.6 Å². The first kappa shape index (κ1) is 14.7. The van der Waals surface area contributed by atoms with Crippen molar-refractivity contribution in [1.29, 1.82) is 0 Å². The van der Waals surface area contributed by atoms with E-state index < -0.39 is 0 Å². The number of nitrogens with one attached hydrogen (secondary N) is 1. The lowest BCUT2D eigenvalue weighted by Crippen LogP contribution is -2.40. The van der Waals surface area contributed by atoms with Crippen molar-refractivity contribution in [3.63, 3.8) is 0 Å². The number of anilines is 1. The van der Waals surface area contributed by atoms with E-state index in [0.29, 0.717) is 0 Å². The third-order valence-corrected chi connectivity index (χ3v) is 4.59.